The van der Waals surface area contributed by atoms with Gasteiger partial charge in [-0.1, -0.05) is 67.7 Å². The van der Waals surface area contributed by atoms with Gasteiger partial charge in [-0.15, -0.1) is 0 Å². The number of carbonyl (C=O) groups is 3. The zero-order valence-corrected chi connectivity index (χ0v) is 15.2. The molecule has 1 saturated heterocycles. The smallest absolute Gasteiger partial charge is 0.326 e. The van der Waals surface area contributed by atoms with Crippen LogP contribution >= 0.6 is 24.0 Å². The molecule has 1 unspecified atom stereocenters. The Bertz CT molecular complexity index is 719. The number of nitrogens with zero attached hydrogens (tertiary/aromatic N) is 1. The monoisotopic (exact) mass is 378 g/mol. The van der Waals surface area contributed by atoms with E-state index in [-0.39, 0.29) is 16.8 Å². The molecule has 2 rings (SSSR count). The third kappa shape index (κ3) is 5.14. The summed E-state index contributed by atoms with van der Waals surface area (Å²) in [5, 5.41) is 11.5. The highest BCUT2D eigenvalue weighted by molar-refractivity contribution is 8.26. The molecule has 132 valence electrons. The first-order valence-corrected chi connectivity index (χ1v) is 8.97. The average molecular weight is 378 g/mol. The standard InChI is InChI=1S/C17H18N2O4S2/c1-2-6-12(16(22)23)18-14(20)10-19-15(21)13(25-17(19)24)9-11-7-4-3-5-8-11/h3-5,7-9,12H,2,6,10H2,1H3,(H,18,20)(H,22,23). The van der Waals surface area contributed by atoms with Crippen LogP contribution in [-0.4, -0.2) is 44.7 Å². The summed E-state index contributed by atoms with van der Waals surface area (Å²) >= 11 is 6.30. The van der Waals surface area contributed by atoms with Crippen molar-refractivity contribution in [2.75, 3.05) is 6.54 Å². The van der Waals surface area contributed by atoms with Gasteiger partial charge in [-0.3, -0.25) is 14.5 Å². The van der Waals surface area contributed by atoms with Gasteiger partial charge in [0.15, 0.2) is 0 Å². The van der Waals surface area contributed by atoms with E-state index in [1.165, 1.54) is 4.90 Å². The highest BCUT2D eigenvalue weighted by Gasteiger charge is 2.34. The molecular weight excluding hydrogens is 360 g/mol. The molecule has 0 aliphatic carbocycles. The summed E-state index contributed by atoms with van der Waals surface area (Å²) in [7, 11) is 0. The van der Waals surface area contributed by atoms with E-state index in [0.717, 1.165) is 17.3 Å². The fraction of sp³-hybridized carbons (Fsp3) is 0.294. The topological polar surface area (TPSA) is 86.7 Å². The van der Waals surface area contributed by atoms with E-state index in [0.29, 0.717) is 17.7 Å². The fourth-order valence-corrected chi connectivity index (χ4v) is 3.52. The minimum atomic E-state index is -1.09. The van der Waals surface area contributed by atoms with Crippen LogP contribution in [0.5, 0.6) is 0 Å². The van der Waals surface area contributed by atoms with Crippen molar-refractivity contribution in [2.24, 2.45) is 0 Å². The van der Waals surface area contributed by atoms with Crippen LogP contribution in [0.3, 0.4) is 0 Å². The number of hydrogen-bond donors (Lipinski definition) is 2. The van der Waals surface area contributed by atoms with Crippen molar-refractivity contribution < 1.29 is 19.5 Å². The summed E-state index contributed by atoms with van der Waals surface area (Å²) in [6, 6.07) is 8.36. The number of rotatable bonds is 7. The second-order valence-corrected chi connectivity index (χ2v) is 7.10. The number of thiocarbonyl (C=S) groups is 1. The SMILES string of the molecule is CCCC(NC(=O)CN1C(=O)C(=Cc2ccccc2)SC1=S)C(=O)O. The van der Waals surface area contributed by atoms with Gasteiger partial charge in [-0.05, 0) is 18.1 Å². The number of thioether (sulfide) groups is 1. The molecule has 1 heterocycles. The summed E-state index contributed by atoms with van der Waals surface area (Å²) in [5.41, 5.74) is 0.862. The van der Waals surface area contributed by atoms with Crippen LogP contribution in [0, 0.1) is 0 Å². The Balaban J connectivity index is 2.04. The zero-order valence-electron chi connectivity index (χ0n) is 13.6. The summed E-state index contributed by atoms with van der Waals surface area (Å²) in [5.74, 6) is -1.99. The normalized spacial score (nSPS) is 17.0. The maximum absolute atomic E-state index is 12.5. The van der Waals surface area contributed by atoms with Gasteiger partial charge in [0.25, 0.3) is 5.91 Å². The first-order valence-electron chi connectivity index (χ1n) is 7.75. The summed E-state index contributed by atoms with van der Waals surface area (Å²) in [6.07, 6.45) is 2.67. The molecule has 2 amide bonds. The van der Waals surface area contributed by atoms with E-state index in [1.54, 1.807) is 6.08 Å². The number of hydrogen-bond acceptors (Lipinski definition) is 5. The molecule has 1 aliphatic rings. The van der Waals surface area contributed by atoms with Gasteiger partial charge in [0.1, 0.15) is 16.9 Å². The van der Waals surface area contributed by atoms with E-state index in [2.05, 4.69) is 5.32 Å². The Hall–Kier alpha value is -2.19. The first kappa shape index (κ1) is 19.1. The van der Waals surface area contributed by atoms with Crippen LogP contribution < -0.4 is 5.32 Å². The molecule has 0 spiro atoms. The largest absolute Gasteiger partial charge is 0.480 e. The van der Waals surface area contributed by atoms with E-state index in [1.807, 2.05) is 37.3 Å². The molecule has 1 aromatic carbocycles. The Morgan fingerprint density at radius 2 is 2.04 bits per heavy atom. The van der Waals surface area contributed by atoms with Gasteiger partial charge in [-0.2, -0.15) is 0 Å². The maximum atomic E-state index is 12.5. The van der Waals surface area contributed by atoms with Crippen molar-refractivity contribution >= 4 is 52.2 Å². The van der Waals surface area contributed by atoms with Gasteiger partial charge in [0.05, 0.1) is 4.91 Å². The van der Waals surface area contributed by atoms with E-state index in [9.17, 15) is 14.4 Å². The van der Waals surface area contributed by atoms with Gasteiger partial charge < -0.3 is 10.4 Å². The minimum absolute atomic E-state index is 0.282. The minimum Gasteiger partial charge on any atom is -0.480 e. The molecule has 0 saturated carbocycles. The Labute approximate surface area is 155 Å². The summed E-state index contributed by atoms with van der Waals surface area (Å²) in [6.45, 7) is 1.54. The summed E-state index contributed by atoms with van der Waals surface area (Å²) in [4.78, 5) is 37.3. The molecule has 0 aromatic heterocycles. The Kier molecular flexibility index (Phi) is 6.72. The van der Waals surface area contributed by atoms with Crippen molar-refractivity contribution in [1.82, 2.24) is 10.2 Å². The van der Waals surface area contributed by atoms with Gasteiger partial charge >= 0.3 is 5.97 Å². The van der Waals surface area contributed by atoms with Crippen molar-refractivity contribution in [3.05, 3.63) is 40.8 Å². The van der Waals surface area contributed by atoms with Crippen molar-refractivity contribution in [2.45, 2.75) is 25.8 Å². The van der Waals surface area contributed by atoms with E-state index < -0.39 is 17.9 Å². The third-order valence-electron chi connectivity index (χ3n) is 3.48. The number of nitrogens with one attached hydrogen (secondary N) is 1. The second kappa shape index (κ2) is 8.77. The molecule has 6 nitrogen and oxygen atoms in total. The lowest BCUT2D eigenvalue weighted by atomic mass is 10.1. The van der Waals surface area contributed by atoms with Crippen molar-refractivity contribution in [1.29, 1.82) is 0 Å². The van der Waals surface area contributed by atoms with Crippen LogP contribution in [0.25, 0.3) is 6.08 Å². The number of carboxylic acid groups (broad SMARTS) is 1. The number of benzene rings is 1. The molecule has 1 atom stereocenters. The van der Waals surface area contributed by atoms with Crippen LogP contribution in [0.4, 0.5) is 0 Å². The molecule has 1 fully saturated rings. The molecule has 0 radical (unpaired) electrons. The van der Waals surface area contributed by atoms with E-state index in [4.69, 9.17) is 17.3 Å². The van der Waals surface area contributed by atoms with Crippen LogP contribution in [0.15, 0.2) is 35.2 Å². The fourth-order valence-electron chi connectivity index (χ4n) is 2.27. The lowest BCUT2D eigenvalue weighted by molar-refractivity contribution is -0.142. The van der Waals surface area contributed by atoms with Gasteiger partial charge in [0, 0.05) is 0 Å². The van der Waals surface area contributed by atoms with Crippen LogP contribution in [0.1, 0.15) is 25.3 Å². The molecule has 1 aliphatic heterocycles. The Morgan fingerprint density at radius 3 is 2.64 bits per heavy atom. The number of carboxylic acids is 1. The van der Waals surface area contributed by atoms with Gasteiger partial charge in [0.2, 0.25) is 5.91 Å². The number of carbonyl (C=O) groups excluding carboxylic acids is 2. The van der Waals surface area contributed by atoms with E-state index >= 15 is 0 Å². The van der Waals surface area contributed by atoms with Crippen LogP contribution in [-0.2, 0) is 14.4 Å². The Morgan fingerprint density at radius 1 is 1.36 bits per heavy atom. The number of amides is 2. The average Bonchev–Trinajstić information content (AvgIpc) is 2.83. The lowest BCUT2D eigenvalue weighted by Crippen LogP contribution is -2.46. The number of aliphatic carboxylic acids is 1. The molecule has 0 bridgehead atoms. The molecule has 8 heteroatoms. The molecular formula is C17H18N2O4S2. The highest BCUT2D eigenvalue weighted by atomic mass is 32.2. The highest BCUT2D eigenvalue weighted by Crippen LogP contribution is 2.32. The van der Waals surface area contributed by atoms with Gasteiger partial charge in [-0.25, -0.2) is 4.79 Å². The molecule has 25 heavy (non-hydrogen) atoms. The van der Waals surface area contributed by atoms with Crippen molar-refractivity contribution in [3.63, 3.8) is 0 Å². The third-order valence-corrected chi connectivity index (χ3v) is 4.86. The predicted octanol–water partition coefficient (Wildman–Crippen LogP) is 2.26. The quantitative estimate of drug-likeness (QED) is 0.559. The van der Waals surface area contributed by atoms with Crippen LogP contribution in [0.2, 0.25) is 0 Å². The molecule has 1 aromatic rings. The zero-order chi connectivity index (χ0) is 18.4. The molecule has 2 N–H and O–H groups in total. The lowest BCUT2D eigenvalue weighted by Gasteiger charge is -2.17. The second-order valence-electron chi connectivity index (χ2n) is 5.43. The summed E-state index contributed by atoms with van der Waals surface area (Å²) < 4.78 is 0.282. The first-order chi connectivity index (χ1) is 11.9. The maximum Gasteiger partial charge on any atom is 0.326 e. The van der Waals surface area contributed by atoms with Crippen molar-refractivity contribution in [3.8, 4) is 0 Å². The predicted molar refractivity (Wildman–Crippen MR) is 101 cm³/mol.